The number of aryl methyl sites for hydroxylation is 2. The van der Waals surface area contributed by atoms with Crippen LogP contribution < -0.4 is 15.2 Å². The Morgan fingerprint density at radius 1 is 1.03 bits per heavy atom. The maximum absolute atomic E-state index is 12.6. The molecule has 1 atom stereocenters. The fourth-order valence-corrected chi connectivity index (χ4v) is 5.35. The Hall–Kier alpha value is -3.26. The lowest BCUT2D eigenvalue weighted by Crippen LogP contribution is -2.51. The summed E-state index contributed by atoms with van der Waals surface area (Å²) < 4.78 is 15.3. The third kappa shape index (κ3) is 5.90. The van der Waals surface area contributed by atoms with Crippen LogP contribution in [-0.4, -0.2) is 51.0 Å². The van der Waals surface area contributed by atoms with E-state index in [1.165, 1.54) is 0 Å². The second kappa shape index (κ2) is 11.2. The van der Waals surface area contributed by atoms with E-state index in [0.29, 0.717) is 36.9 Å². The summed E-state index contributed by atoms with van der Waals surface area (Å²) in [7, 11) is 1.79. The van der Waals surface area contributed by atoms with Crippen LogP contribution in [0.3, 0.4) is 0 Å². The number of ether oxygens (including phenoxy) is 2. The summed E-state index contributed by atoms with van der Waals surface area (Å²) in [6.45, 7) is 5.27. The lowest BCUT2D eigenvalue weighted by atomic mass is 9.93. The Morgan fingerprint density at radius 3 is 2.58 bits per heavy atom. The Morgan fingerprint density at radius 2 is 1.79 bits per heavy atom. The van der Waals surface area contributed by atoms with Gasteiger partial charge in [-0.25, -0.2) is 4.79 Å². The number of benzene rings is 3. The number of likely N-dealkylation sites (tertiary alicyclic amines) is 1. The van der Waals surface area contributed by atoms with Gasteiger partial charge in [-0.05, 0) is 73.8 Å². The first-order valence-corrected chi connectivity index (χ1v) is 13.4. The summed E-state index contributed by atoms with van der Waals surface area (Å²) >= 11 is 6.26. The van der Waals surface area contributed by atoms with Gasteiger partial charge < -0.3 is 14.6 Å². The Balaban J connectivity index is 1.13. The number of aliphatic hydroxyl groups is 1. The lowest BCUT2D eigenvalue weighted by molar-refractivity contribution is -0.0620. The summed E-state index contributed by atoms with van der Waals surface area (Å²) in [4.78, 5) is 14.8. The van der Waals surface area contributed by atoms with E-state index in [0.717, 1.165) is 47.4 Å². The van der Waals surface area contributed by atoms with Gasteiger partial charge in [0.15, 0.2) is 0 Å². The quantitative estimate of drug-likeness (QED) is 0.334. The number of imidazole rings is 1. The molecule has 2 heterocycles. The highest BCUT2D eigenvalue weighted by Crippen LogP contribution is 2.29. The van der Waals surface area contributed by atoms with Gasteiger partial charge in [0, 0.05) is 20.1 Å². The summed E-state index contributed by atoms with van der Waals surface area (Å²) in [5, 5.41) is 11.8. The normalized spacial score (nSPS) is 18.1. The van der Waals surface area contributed by atoms with Crippen LogP contribution in [0.1, 0.15) is 24.0 Å². The molecule has 200 valence electrons. The van der Waals surface area contributed by atoms with Crippen molar-refractivity contribution in [1.29, 1.82) is 0 Å². The first-order valence-electron chi connectivity index (χ1n) is 13.0. The molecule has 0 amide bonds. The van der Waals surface area contributed by atoms with Gasteiger partial charge in [-0.15, -0.1) is 0 Å². The molecule has 1 fully saturated rings. The maximum Gasteiger partial charge on any atom is 0.328 e. The van der Waals surface area contributed by atoms with Gasteiger partial charge in [-0.1, -0.05) is 41.9 Å². The van der Waals surface area contributed by atoms with Crippen LogP contribution in [0.25, 0.3) is 11.0 Å². The average Bonchev–Trinajstić information content (AvgIpc) is 3.15. The van der Waals surface area contributed by atoms with E-state index in [-0.39, 0.29) is 12.3 Å². The smallest absolute Gasteiger partial charge is 0.328 e. The number of para-hydroxylation sites is 2. The zero-order chi connectivity index (χ0) is 26.7. The number of aromatic nitrogens is 2. The van der Waals surface area contributed by atoms with Crippen molar-refractivity contribution in [1.82, 2.24) is 14.0 Å². The standard InChI is InChI=1S/C30H34ClN3O4/c1-22-8-13-25(31)28(18-22)38-21-30(36)14-5-15-33(20-30)19-23-9-11-24(12-10-23)37-17-16-34-27-7-4-3-6-26(27)32(2)29(34)35/h3-4,6-13,18,36H,5,14-17,19-21H2,1-2H3/t30-/m0/s1. The van der Waals surface area contributed by atoms with Gasteiger partial charge in [0.1, 0.15) is 30.3 Å². The van der Waals surface area contributed by atoms with Crippen molar-refractivity contribution < 1.29 is 14.6 Å². The lowest BCUT2D eigenvalue weighted by Gasteiger charge is -2.39. The second-order valence-corrected chi connectivity index (χ2v) is 10.6. The van der Waals surface area contributed by atoms with Crippen molar-refractivity contribution in [3.05, 3.63) is 93.4 Å². The van der Waals surface area contributed by atoms with Crippen molar-refractivity contribution in [2.45, 2.75) is 38.5 Å². The van der Waals surface area contributed by atoms with Crippen LogP contribution in [0.4, 0.5) is 0 Å². The van der Waals surface area contributed by atoms with Crippen molar-refractivity contribution in [3.63, 3.8) is 0 Å². The minimum Gasteiger partial charge on any atom is -0.492 e. The zero-order valence-corrected chi connectivity index (χ0v) is 22.7. The monoisotopic (exact) mass is 535 g/mol. The predicted octanol–water partition coefficient (Wildman–Crippen LogP) is 4.79. The van der Waals surface area contributed by atoms with E-state index in [2.05, 4.69) is 17.0 Å². The molecule has 1 N–H and O–H groups in total. The first kappa shape index (κ1) is 26.4. The van der Waals surface area contributed by atoms with Crippen LogP contribution in [-0.2, 0) is 20.1 Å². The summed E-state index contributed by atoms with van der Waals surface area (Å²) in [6, 6.07) is 21.5. The van der Waals surface area contributed by atoms with Crippen LogP contribution in [0.5, 0.6) is 11.5 Å². The number of halogens is 1. The number of β-amino-alcohol motifs (C(OH)–C–C–N with tert-alkyl or cyclic N) is 1. The van der Waals surface area contributed by atoms with E-state index in [4.69, 9.17) is 21.1 Å². The number of nitrogens with zero attached hydrogens (tertiary/aromatic N) is 3. The molecule has 0 radical (unpaired) electrons. The molecule has 5 rings (SSSR count). The van der Waals surface area contributed by atoms with Crippen LogP contribution in [0.2, 0.25) is 5.02 Å². The van der Waals surface area contributed by atoms with Gasteiger partial charge in [-0.3, -0.25) is 14.0 Å². The largest absolute Gasteiger partial charge is 0.492 e. The van der Waals surface area contributed by atoms with Crippen LogP contribution in [0, 0.1) is 6.92 Å². The highest BCUT2D eigenvalue weighted by atomic mass is 35.5. The SMILES string of the molecule is Cc1ccc(Cl)c(OC[C@]2(O)CCCN(Cc3ccc(OCCn4c(=O)n(C)c5ccccc54)cc3)C2)c1. The number of fused-ring (bicyclic) bond motifs is 1. The molecular weight excluding hydrogens is 502 g/mol. The molecule has 4 aromatic rings. The molecule has 1 aromatic heterocycles. The molecule has 3 aromatic carbocycles. The van der Waals surface area contributed by atoms with E-state index in [9.17, 15) is 9.90 Å². The molecular formula is C30H34ClN3O4. The Bertz CT molecular complexity index is 1460. The minimum atomic E-state index is -0.923. The topological polar surface area (TPSA) is 68.9 Å². The van der Waals surface area contributed by atoms with Crippen molar-refractivity contribution in [3.8, 4) is 11.5 Å². The number of hydrogen-bond acceptors (Lipinski definition) is 5. The van der Waals surface area contributed by atoms with Crippen molar-refractivity contribution >= 4 is 22.6 Å². The molecule has 1 saturated heterocycles. The molecule has 8 heteroatoms. The fourth-order valence-electron chi connectivity index (χ4n) is 5.18. The highest BCUT2D eigenvalue weighted by molar-refractivity contribution is 6.32. The average molecular weight is 536 g/mol. The number of piperidine rings is 1. The molecule has 0 bridgehead atoms. The molecule has 0 aliphatic carbocycles. The van der Waals surface area contributed by atoms with Crippen molar-refractivity contribution in [2.75, 3.05) is 26.3 Å². The third-order valence-electron chi connectivity index (χ3n) is 7.18. The van der Waals surface area contributed by atoms with Crippen LogP contribution >= 0.6 is 11.6 Å². The van der Waals surface area contributed by atoms with Crippen molar-refractivity contribution in [2.24, 2.45) is 7.05 Å². The number of rotatable bonds is 9. The molecule has 0 saturated carbocycles. The van der Waals surface area contributed by atoms with E-state index < -0.39 is 5.60 Å². The van der Waals surface area contributed by atoms with E-state index in [1.807, 2.05) is 61.5 Å². The summed E-state index contributed by atoms with van der Waals surface area (Å²) in [6.07, 6.45) is 1.59. The van der Waals surface area contributed by atoms with Gasteiger partial charge in [0.2, 0.25) is 0 Å². The van der Waals surface area contributed by atoms with Gasteiger partial charge in [0.05, 0.1) is 22.6 Å². The molecule has 0 spiro atoms. The van der Waals surface area contributed by atoms with E-state index >= 15 is 0 Å². The highest BCUT2D eigenvalue weighted by Gasteiger charge is 2.34. The zero-order valence-electron chi connectivity index (χ0n) is 21.9. The van der Waals surface area contributed by atoms with Gasteiger partial charge >= 0.3 is 5.69 Å². The molecule has 38 heavy (non-hydrogen) atoms. The Labute approximate surface area is 227 Å². The summed E-state index contributed by atoms with van der Waals surface area (Å²) in [5.74, 6) is 1.37. The van der Waals surface area contributed by atoms with E-state index in [1.54, 1.807) is 16.2 Å². The van der Waals surface area contributed by atoms with Gasteiger partial charge in [0.25, 0.3) is 0 Å². The first-order chi connectivity index (χ1) is 18.3. The fraction of sp³-hybridized carbons (Fsp3) is 0.367. The predicted molar refractivity (Wildman–Crippen MR) is 150 cm³/mol. The number of hydrogen-bond donors (Lipinski definition) is 1. The molecule has 1 aliphatic heterocycles. The Kier molecular flexibility index (Phi) is 7.79. The second-order valence-electron chi connectivity index (χ2n) is 10.2. The maximum atomic E-state index is 12.6. The summed E-state index contributed by atoms with van der Waals surface area (Å²) in [5.41, 5.74) is 3.07. The van der Waals surface area contributed by atoms with Gasteiger partial charge in [-0.2, -0.15) is 0 Å². The molecule has 0 unspecified atom stereocenters. The minimum absolute atomic E-state index is 0.0426. The molecule has 1 aliphatic rings. The third-order valence-corrected chi connectivity index (χ3v) is 7.49. The van der Waals surface area contributed by atoms with Crippen LogP contribution in [0.15, 0.2) is 71.5 Å². The molecule has 7 nitrogen and oxygen atoms in total.